The zero-order valence-electron chi connectivity index (χ0n) is 10.2. The smallest absolute Gasteiger partial charge is 0.374 e. The average molecular weight is 240 g/mol. The minimum atomic E-state index is -0.520. The Morgan fingerprint density at radius 2 is 2.06 bits per heavy atom. The van der Waals surface area contributed by atoms with Gasteiger partial charge in [-0.05, 0) is 26.0 Å². The minimum absolute atomic E-state index is 0.0294. The van der Waals surface area contributed by atoms with Crippen LogP contribution in [0.25, 0.3) is 0 Å². The van der Waals surface area contributed by atoms with Gasteiger partial charge in [0.1, 0.15) is 12.4 Å². The Labute approximate surface area is 99.7 Å². The zero-order valence-corrected chi connectivity index (χ0v) is 10.2. The highest BCUT2D eigenvalue weighted by atomic mass is 16.6. The van der Waals surface area contributed by atoms with Crippen LogP contribution in [0.5, 0.6) is 0 Å². The molecule has 0 N–H and O–H groups in total. The first-order valence-electron chi connectivity index (χ1n) is 5.48. The summed E-state index contributed by atoms with van der Waals surface area (Å²) in [6.07, 6.45) is 0.108. The van der Waals surface area contributed by atoms with Gasteiger partial charge in [-0.1, -0.05) is 6.92 Å². The van der Waals surface area contributed by atoms with Crippen molar-refractivity contribution in [3.8, 4) is 0 Å². The van der Waals surface area contributed by atoms with Crippen LogP contribution < -0.4 is 0 Å². The molecule has 1 heterocycles. The lowest BCUT2D eigenvalue weighted by atomic mass is 10.4. The summed E-state index contributed by atoms with van der Waals surface area (Å²) in [6.45, 7) is 5.24. The number of hydrogen-bond acceptors (Lipinski definition) is 5. The largest absolute Gasteiger partial charge is 0.457 e. The summed E-state index contributed by atoms with van der Waals surface area (Å²) in [5, 5.41) is 0. The van der Waals surface area contributed by atoms with Crippen molar-refractivity contribution >= 4 is 11.9 Å². The van der Waals surface area contributed by atoms with Crippen molar-refractivity contribution in [3.05, 3.63) is 23.7 Å². The van der Waals surface area contributed by atoms with Crippen LogP contribution >= 0.6 is 0 Å². The second kappa shape index (κ2) is 6.08. The summed E-state index contributed by atoms with van der Waals surface area (Å²) in [7, 11) is 0. The topological polar surface area (TPSA) is 65.7 Å². The number of hydrogen-bond donors (Lipinski definition) is 0. The van der Waals surface area contributed by atoms with Crippen LogP contribution in [0, 0.1) is 0 Å². The molecule has 0 radical (unpaired) electrons. The molecule has 0 aliphatic rings. The molecule has 0 bridgehead atoms. The molecule has 0 saturated heterocycles. The molecule has 0 aliphatic heterocycles. The molecule has 94 valence electrons. The van der Waals surface area contributed by atoms with Gasteiger partial charge in [-0.25, -0.2) is 4.79 Å². The fraction of sp³-hybridized carbons (Fsp3) is 0.500. The fourth-order valence-electron chi connectivity index (χ4n) is 1.09. The van der Waals surface area contributed by atoms with Crippen molar-refractivity contribution in [2.24, 2.45) is 0 Å². The molecule has 5 heteroatoms. The summed E-state index contributed by atoms with van der Waals surface area (Å²) in [5.41, 5.74) is 0. The van der Waals surface area contributed by atoms with Gasteiger partial charge < -0.3 is 13.9 Å². The minimum Gasteiger partial charge on any atom is -0.457 e. The van der Waals surface area contributed by atoms with Gasteiger partial charge in [0.05, 0.1) is 6.10 Å². The average Bonchev–Trinajstić information content (AvgIpc) is 2.73. The summed E-state index contributed by atoms with van der Waals surface area (Å²) < 4.78 is 15.0. The van der Waals surface area contributed by atoms with Crippen LogP contribution in [0.3, 0.4) is 0 Å². The molecule has 0 aliphatic carbocycles. The number of carbonyl (C=O) groups excluding carboxylic acids is 2. The van der Waals surface area contributed by atoms with Gasteiger partial charge in [-0.3, -0.25) is 4.79 Å². The number of carbonyl (C=O) groups is 2. The van der Waals surface area contributed by atoms with E-state index in [1.54, 1.807) is 26.8 Å². The number of furan rings is 1. The van der Waals surface area contributed by atoms with E-state index in [0.717, 1.165) is 0 Å². The maximum Gasteiger partial charge on any atom is 0.374 e. The normalized spacial score (nSPS) is 10.4. The number of rotatable bonds is 5. The molecule has 5 nitrogen and oxygen atoms in total. The predicted octanol–water partition coefficient (Wildman–Crippen LogP) is 2.30. The molecule has 17 heavy (non-hydrogen) atoms. The van der Waals surface area contributed by atoms with Crippen LogP contribution in [0.4, 0.5) is 0 Å². The highest BCUT2D eigenvalue weighted by molar-refractivity contribution is 5.86. The van der Waals surface area contributed by atoms with Crippen LogP contribution in [0.15, 0.2) is 16.5 Å². The molecule has 0 saturated carbocycles. The third kappa shape index (κ3) is 4.30. The van der Waals surface area contributed by atoms with Gasteiger partial charge in [0, 0.05) is 6.42 Å². The van der Waals surface area contributed by atoms with E-state index < -0.39 is 5.97 Å². The van der Waals surface area contributed by atoms with Gasteiger partial charge >= 0.3 is 11.9 Å². The molecule has 0 amide bonds. The Bertz CT molecular complexity index is 391. The van der Waals surface area contributed by atoms with Gasteiger partial charge in [0.25, 0.3) is 0 Å². The molecule has 1 aromatic rings. The van der Waals surface area contributed by atoms with Crippen LogP contribution in [-0.2, 0) is 20.9 Å². The number of esters is 2. The van der Waals surface area contributed by atoms with Crippen molar-refractivity contribution in [1.29, 1.82) is 0 Å². The third-order valence-electron chi connectivity index (χ3n) is 1.87. The van der Waals surface area contributed by atoms with Gasteiger partial charge in [-0.15, -0.1) is 0 Å². The SMILES string of the molecule is CCC(=O)OCc1ccc(C(=O)OC(C)C)o1. The Hall–Kier alpha value is -1.78. The molecule has 1 aromatic heterocycles. The maximum absolute atomic E-state index is 11.4. The maximum atomic E-state index is 11.4. The Morgan fingerprint density at radius 1 is 1.35 bits per heavy atom. The molecule has 1 rings (SSSR count). The van der Waals surface area contributed by atoms with Gasteiger partial charge in [-0.2, -0.15) is 0 Å². The number of ether oxygens (including phenoxy) is 2. The van der Waals surface area contributed by atoms with E-state index in [1.165, 1.54) is 6.07 Å². The summed E-state index contributed by atoms with van der Waals surface area (Å²) in [4.78, 5) is 22.4. The monoisotopic (exact) mass is 240 g/mol. The van der Waals surface area contributed by atoms with E-state index in [4.69, 9.17) is 13.9 Å². The lowest BCUT2D eigenvalue weighted by Crippen LogP contribution is -2.10. The van der Waals surface area contributed by atoms with E-state index in [-0.39, 0.29) is 24.4 Å². The lowest BCUT2D eigenvalue weighted by molar-refractivity contribution is -0.145. The van der Waals surface area contributed by atoms with E-state index in [1.807, 2.05) is 0 Å². The van der Waals surface area contributed by atoms with Crippen molar-refractivity contribution in [2.45, 2.75) is 39.9 Å². The molecule has 0 aromatic carbocycles. The van der Waals surface area contributed by atoms with Crippen molar-refractivity contribution in [1.82, 2.24) is 0 Å². The van der Waals surface area contributed by atoms with Gasteiger partial charge in [0.2, 0.25) is 5.76 Å². The van der Waals surface area contributed by atoms with Crippen molar-refractivity contribution < 1.29 is 23.5 Å². The first-order chi connectivity index (χ1) is 8.02. The Morgan fingerprint density at radius 3 is 2.65 bits per heavy atom. The summed E-state index contributed by atoms with van der Waals surface area (Å²) >= 11 is 0. The van der Waals surface area contributed by atoms with Crippen molar-refractivity contribution in [2.75, 3.05) is 0 Å². The third-order valence-corrected chi connectivity index (χ3v) is 1.87. The quantitative estimate of drug-likeness (QED) is 0.739. The summed E-state index contributed by atoms with van der Waals surface area (Å²) in [6, 6.07) is 3.08. The molecule has 0 atom stereocenters. The highest BCUT2D eigenvalue weighted by Crippen LogP contribution is 2.11. The zero-order chi connectivity index (χ0) is 12.8. The van der Waals surface area contributed by atoms with Crippen LogP contribution in [0.1, 0.15) is 43.5 Å². The van der Waals surface area contributed by atoms with E-state index in [2.05, 4.69) is 0 Å². The Kier molecular flexibility index (Phi) is 4.75. The first kappa shape index (κ1) is 13.3. The second-order valence-corrected chi connectivity index (χ2v) is 3.73. The fourth-order valence-corrected chi connectivity index (χ4v) is 1.09. The summed E-state index contributed by atoms with van der Waals surface area (Å²) in [5.74, 6) is -0.301. The molecular weight excluding hydrogens is 224 g/mol. The Balaban J connectivity index is 2.53. The van der Waals surface area contributed by atoms with Crippen LogP contribution in [0.2, 0.25) is 0 Å². The highest BCUT2D eigenvalue weighted by Gasteiger charge is 2.14. The van der Waals surface area contributed by atoms with E-state index in [0.29, 0.717) is 12.2 Å². The van der Waals surface area contributed by atoms with Crippen LogP contribution in [-0.4, -0.2) is 18.0 Å². The van der Waals surface area contributed by atoms with E-state index >= 15 is 0 Å². The molecular formula is C12H16O5. The lowest BCUT2D eigenvalue weighted by Gasteiger charge is -2.05. The second-order valence-electron chi connectivity index (χ2n) is 3.73. The first-order valence-corrected chi connectivity index (χ1v) is 5.48. The standard InChI is InChI=1S/C12H16O5/c1-4-11(13)15-7-9-5-6-10(17-9)12(14)16-8(2)3/h5-6,8H,4,7H2,1-3H3. The molecule has 0 spiro atoms. The predicted molar refractivity (Wildman–Crippen MR) is 59.3 cm³/mol. The molecule has 0 fully saturated rings. The van der Waals surface area contributed by atoms with E-state index in [9.17, 15) is 9.59 Å². The van der Waals surface area contributed by atoms with Gasteiger partial charge in [0.15, 0.2) is 0 Å². The molecule has 0 unspecified atom stereocenters. The van der Waals surface area contributed by atoms with Crippen molar-refractivity contribution in [3.63, 3.8) is 0 Å².